The monoisotopic (exact) mass is 206 g/mol. The van der Waals surface area contributed by atoms with Crippen LogP contribution in [-0.4, -0.2) is 16.8 Å². The zero-order chi connectivity index (χ0) is 11.0. The summed E-state index contributed by atoms with van der Waals surface area (Å²) in [6.45, 7) is 4.93. The second kappa shape index (κ2) is 3.65. The van der Waals surface area contributed by atoms with Gasteiger partial charge in [-0.25, -0.2) is 4.39 Å². The lowest BCUT2D eigenvalue weighted by Crippen LogP contribution is -2.32. The number of nitrogens with one attached hydrogen (secondary N) is 1. The molecule has 1 aromatic rings. The van der Waals surface area contributed by atoms with Crippen molar-refractivity contribution >= 4 is 5.84 Å². The van der Waals surface area contributed by atoms with Crippen LogP contribution >= 0.6 is 0 Å². The van der Waals surface area contributed by atoms with E-state index in [1.165, 1.54) is 12.1 Å². The van der Waals surface area contributed by atoms with Gasteiger partial charge in [0.2, 0.25) is 0 Å². The van der Waals surface area contributed by atoms with Crippen LogP contribution in [0.1, 0.15) is 31.4 Å². The molecule has 0 radical (unpaired) electrons. The van der Waals surface area contributed by atoms with E-state index in [4.69, 9.17) is 5.41 Å². The number of halogens is 1. The Morgan fingerprint density at radius 3 is 2.93 bits per heavy atom. The molecule has 15 heavy (non-hydrogen) atoms. The van der Waals surface area contributed by atoms with E-state index >= 15 is 0 Å². The van der Waals surface area contributed by atoms with Gasteiger partial charge in [0.25, 0.3) is 0 Å². The van der Waals surface area contributed by atoms with Crippen molar-refractivity contribution in [3.05, 3.63) is 35.1 Å². The maximum atomic E-state index is 13.0. The molecule has 0 bridgehead atoms. The minimum Gasteiger partial charge on any atom is -0.350 e. The van der Waals surface area contributed by atoms with Gasteiger partial charge in [-0.15, -0.1) is 0 Å². The zero-order valence-electron chi connectivity index (χ0n) is 9.05. The Balaban J connectivity index is 2.33. The van der Waals surface area contributed by atoms with Crippen molar-refractivity contribution in [2.45, 2.75) is 32.9 Å². The van der Waals surface area contributed by atoms with Crippen LogP contribution in [0, 0.1) is 11.2 Å². The number of benzene rings is 1. The molecule has 0 aliphatic carbocycles. The number of hydrogen-bond acceptors (Lipinski definition) is 1. The number of nitrogens with zero attached hydrogens (tertiary/aromatic N) is 1. The summed E-state index contributed by atoms with van der Waals surface area (Å²) in [5.41, 5.74) is 1.80. The summed E-state index contributed by atoms with van der Waals surface area (Å²) in [4.78, 5) is 2.02. The molecule has 1 N–H and O–H groups in total. The van der Waals surface area contributed by atoms with Crippen molar-refractivity contribution in [2.75, 3.05) is 0 Å². The Morgan fingerprint density at radius 1 is 1.53 bits per heavy atom. The van der Waals surface area contributed by atoms with E-state index in [9.17, 15) is 4.39 Å². The molecule has 1 aliphatic rings. The lowest BCUT2D eigenvalue weighted by Gasteiger charge is -2.24. The highest BCUT2D eigenvalue weighted by Gasteiger charge is 2.27. The normalized spacial score (nSPS) is 16.7. The van der Waals surface area contributed by atoms with E-state index in [2.05, 4.69) is 13.8 Å². The first kappa shape index (κ1) is 10.1. The van der Waals surface area contributed by atoms with E-state index in [1.54, 1.807) is 6.07 Å². The van der Waals surface area contributed by atoms with Gasteiger partial charge in [-0.1, -0.05) is 13.0 Å². The standard InChI is InChI=1S/C12H15FN2/c1-3-8(2)15-7-9-4-5-10(13)6-11(9)12(15)14/h4-6,8,14H,3,7H2,1-2H3. The maximum absolute atomic E-state index is 13.0. The second-order valence-corrected chi connectivity index (χ2v) is 4.04. The summed E-state index contributed by atoms with van der Waals surface area (Å²) in [7, 11) is 0. The molecule has 1 aliphatic heterocycles. The Morgan fingerprint density at radius 2 is 2.27 bits per heavy atom. The number of hydrogen-bond donors (Lipinski definition) is 1. The van der Waals surface area contributed by atoms with E-state index < -0.39 is 0 Å². The van der Waals surface area contributed by atoms with Crippen molar-refractivity contribution in [3.8, 4) is 0 Å². The second-order valence-electron chi connectivity index (χ2n) is 4.04. The molecule has 1 unspecified atom stereocenters. The van der Waals surface area contributed by atoms with Gasteiger partial charge in [-0.05, 0) is 31.0 Å². The third kappa shape index (κ3) is 1.62. The number of amidine groups is 1. The number of fused-ring (bicyclic) bond motifs is 1. The first-order chi connectivity index (χ1) is 7.13. The summed E-state index contributed by atoms with van der Waals surface area (Å²) < 4.78 is 13.0. The van der Waals surface area contributed by atoms with Crippen LogP contribution in [0.25, 0.3) is 0 Å². The van der Waals surface area contributed by atoms with Gasteiger partial charge in [-0.3, -0.25) is 5.41 Å². The molecule has 0 amide bonds. The van der Waals surface area contributed by atoms with Crippen LogP contribution < -0.4 is 0 Å². The first-order valence-electron chi connectivity index (χ1n) is 5.27. The molecular weight excluding hydrogens is 191 g/mol. The van der Waals surface area contributed by atoms with Gasteiger partial charge in [-0.2, -0.15) is 0 Å². The Kier molecular flexibility index (Phi) is 2.47. The summed E-state index contributed by atoms with van der Waals surface area (Å²) in [6.07, 6.45) is 0.999. The largest absolute Gasteiger partial charge is 0.350 e. The Hall–Kier alpha value is -1.38. The highest BCUT2D eigenvalue weighted by Crippen LogP contribution is 2.25. The Bertz CT molecular complexity index is 401. The fourth-order valence-electron chi connectivity index (χ4n) is 1.92. The van der Waals surface area contributed by atoms with E-state index in [0.717, 1.165) is 24.1 Å². The predicted molar refractivity (Wildman–Crippen MR) is 58.5 cm³/mol. The molecule has 0 fully saturated rings. The van der Waals surface area contributed by atoms with Crippen LogP contribution in [-0.2, 0) is 6.54 Å². The molecular formula is C12H15FN2. The van der Waals surface area contributed by atoms with Gasteiger partial charge < -0.3 is 4.90 Å². The smallest absolute Gasteiger partial charge is 0.129 e. The highest BCUT2D eigenvalue weighted by atomic mass is 19.1. The van der Waals surface area contributed by atoms with E-state index in [0.29, 0.717) is 11.9 Å². The molecule has 3 heteroatoms. The molecule has 0 aromatic heterocycles. The van der Waals surface area contributed by atoms with Crippen molar-refractivity contribution in [1.82, 2.24) is 4.90 Å². The minimum absolute atomic E-state index is 0.260. The Labute approximate surface area is 89.2 Å². The van der Waals surface area contributed by atoms with Crippen LogP contribution in [0.2, 0.25) is 0 Å². The number of rotatable bonds is 2. The minimum atomic E-state index is -0.260. The van der Waals surface area contributed by atoms with Crippen LogP contribution in [0.15, 0.2) is 18.2 Å². The molecule has 0 saturated carbocycles. The SMILES string of the molecule is CCC(C)N1Cc2ccc(F)cc2C1=N. The maximum Gasteiger partial charge on any atom is 0.129 e. The van der Waals surface area contributed by atoms with Crippen LogP contribution in [0.3, 0.4) is 0 Å². The predicted octanol–water partition coefficient (Wildman–Crippen LogP) is 2.77. The molecule has 1 heterocycles. The summed E-state index contributed by atoms with van der Waals surface area (Å²) in [5, 5.41) is 7.98. The van der Waals surface area contributed by atoms with Crippen LogP contribution in [0.4, 0.5) is 4.39 Å². The molecule has 2 nitrogen and oxygen atoms in total. The molecule has 80 valence electrons. The molecule has 1 atom stereocenters. The molecule has 2 rings (SSSR count). The summed E-state index contributed by atoms with van der Waals surface area (Å²) >= 11 is 0. The molecule has 0 spiro atoms. The third-order valence-electron chi connectivity index (χ3n) is 3.08. The van der Waals surface area contributed by atoms with Gasteiger partial charge in [0, 0.05) is 18.2 Å². The third-order valence-corrected chi connectivity index (χ3v) is 3.08. The van der Waals surface area contributed by atoms with Crippen molar-refractivity contribution in [1.29, 1.82) is 5.41 Å². The van der Waals surface area contributed by atoms with Crippen molar-refractivity contribution in [2.24, 2.45) is 0 Å². The summed E-state index contributed by atoms with van der Waals surface area (Å²) in [6, 6.07) is 5.04. The molecule has 1 aromatic carbocycles. The first-order valence-corrected chi connectivity index (χ1v) is 5.27. The fraction of sp³-hybridized carbons (Fsp3) is 0.417. The summed E-state index contributed by atoms with van der Waals surface area (Å²) in [5.74, 6) is 0.198. The van der Waals surface area contributed by atoms with Gasteiger partial charge >= 0.3 is 0 Å². The van der Waals surface area contributed by atoms with E-state index in [-0.39, 0.29) is 5.82 Å². The fourth-order valence-corrected chi connectivity index (χ4v) is 1.92. The van der Waals surface area contributed by atoms with Crippen LogP contribution in [0.5, 0.6) is 0 Å². The van der Waals surface area contributed by atoms with E-state index in [1.807, 2.05) is 4.90 Å². The highest BCUT2D eigenvalue weighted by molar-refractivity contribution is 6.00. The quantitative estimate of drug-likeness (QED) is 0.791. The average molecular weight is 206 g/mol. The lowest BCUT2D eigenvalue weighted by molar-refractivity contribution is 0.326. The molecule has 0 saturated heterocycles. The average Bonchev–Trinajstić information content (AvgIpc) is 2.55. The zero-order valence-corrected chi connectivity index (χ0v) is 9.05. The van der Waals surface area contributed by atoms with Gasteiger partial charge in [0.1, 0.15) is 11.7 Å². The lowest BCUT2D eigenvalue weighted by atomic mass is 10.1. The van der Waals surface area contributed by atoms with Crippen molar-refractivity contribution < 1.29 is 4.39 Å². The van der Waals surface area contributed by atoms with Gasteiger partial charge in [0.05, 0.1) is 0 Å². The topological polar surface area (TPSA) is 27.1 Å². The van der Waals surface area contributed by atoms with Crippen molar-refractivity contribution in [3.63, 3.8) is 0 Å². The van der Waals surface area contributed by atoms with Gasteiger partial charge in [0.15, 0.2) is 0 Å².